The Morgan fingerprint density at radius 1 is 1.06 bits per heavy atom. The van der Waals surface area contributed by atoms with Crippen LogP contribution < -0.4 is 25.7 Å². The van der Waals surface area contributed by atoms with Crippen LogP contribution in [0, 0.1) is 6.92 Å². The fraction of sp³-hybridized carbons (Fsp3) is 0.520. The summed E-state index contributed by atoms with van der Waals surface area (Å²) < 4.78 is 12.8. The fourth-order valence-electron chi connectivity index (χ4n) is 3.47. The predicted molar refractivity (Wildman–Crippen MR) is 147 cm³/mol. The van der Waals surface area contributed by atoms with Gasteiger partial charge in [0, 0.05) is 37.9 Å². The quantitative estimate of drug-likeness (QED) is 0.164. The molecule has 0 saturated carbocycles. The maximum atomic E-state index is 11.9. The number of nitrogens with zero attached hydrogens (tertiary/aromatic N) is 2. The van der Waals surface area contributed by atoms with E-state index in [2.05, 4.69) is 34.7 Å². The van der Waals surface area contributed by atoms with E-state index in [9.17, 15) is 4.79 Å². The highest BCUT2D eigenvalue weighted by Gasteiger charge is 2.05. The SMILES string of the molecule is CCNC(=NCCCc1ccc(OC)c(OCC)c1)NCCCCn1c(C)cccc1=O.I. The number of benzene rings is 1. The molecule has 2 rings (SSSR count). The Bertz CT molecular complexity index is 915. The summed E-state index contributed by atoms with van der Waals surface area (Å²) in [5.74, 6) is 2.39. The van der Waals surface area contributed by atoms with Gasteiger partial charge in [-0.05, 0) is 70.2 Å². The van der Waals surface area contributed by atoms with Crippen molar-refractivity contribution in [2.45, 2.75) is 53.0 Å². The molecule has 2 N–H and O–H groups in total. The number of hydrogen-bond donors (Lipinski definition) is 2. The lowest BCUT2D eigenvalue weighted by molar-refractivity contribution is 0.310. The van der Waals surface area contributed by atoms with Crippen LogP contribution in [0.4, 0.5) is 0 Å². The summed E-state index contributed by atoms with van der Waals surface area (Å²) in [5.41, 5.74) is 2.29. The van der Waals surface area contributed by atoms with Gasteiger partial charge in [0.05, 0.1) is 13.7 Å². The lowest BCUT2D eigenvalue weighted by Crippen LogP contribution is -2.38. The second-order valence-corrected chi connectivity index (χ2v) is 7.57. The Morgan fingerprint density at radius 3 is 2.58 bits per heavy atom. The second kappa shape index (κ2) is 16.4. The van der Waals surface area contributed by atoms with E-state index in [1.807, 2.05) is 30.5 Å². The van der Waals surface area contributed by atoms with Gasteiger partial charge in [0.15, 0.2) is 17.5 Å². The van der Waals surface area contributed by atoms with Gasteiger partial charge in [-0.2, -0.15) is 0 Å². The molecule has 0 amide bonds. The molecule has 0 saturated heterocycles. The van der Waals surface area contributed by atoms with Crippen LogP contribution in [0.3, 0.4) is 0 Å². The first-order valence-electron chi connectivity index (χ1n) is 11.6. The Balaban J connectivity index is 0.00000544. The van der Waals surface area contributed by atoms with Crippen molar-refractivity contribution < 1.29 is 9.47 Å². The monoisotopic (exact) mass is 570 g/mol. The number of nitrogens with one attached hydrogen (secondary N) is 2. The van der Waals surface area contributed by atoms with Gasteiger partial charge in [0.2, 0.25) is 0 Å². The number of aryl methyl sites for hydroxylation is 2. The molecular formula is C25H39IN4O3. The number of methoxy groups -OCH3 is 1. The third-order valence-corrected chi connectivity index (χ3v) is 5.13. The predicted octanol–water partition coefficient (Wildman–Crippen LogP) is 4.15. The summed E-state index contributed by atoms with van der Waals surface area (Å²) in [6.45, 7) is 9.75. The Hall–Kier alpha value is -2.23. The fourth-order valence-corrected chi connectivity index (χ4v) is 3.47. The van der Waals surface area contributed by atoms with Gasteiger partial charge in [-0.15, -0.1) is 24.0 Å². The van der Waals surface area contributed by atoms with Gasteiger partial charge in [0.1, 0.15) is 0 Å². The van der Waals surface area contributed by atoms with E-state index < -0.39 is 0 Å². The van der Waals surface area contributed by atoms with Gasteiger partial charge in [-0.1, -0.05) is 12.1 Å². The lowest BCUT2D eigenvalue weighted by atomic mass is 10.1. The van der Waals surface area contributed by atoms with E-state index in [-0.39, 0.29) is 29.5 Å². The zero-order chi connectivity index (χ0) is 23.2. The third-order valence-electron chi connectivity index (χ3n) is 5.13. The molecule has 0 spiro atoms. The van der Waals surface area contributed by atoms with Crippen LogP contribution >= 0.6 is 24.0 Å². The average Bonchev–Trinajstić information content (AvgIpc) is 2.78. The van der Waals surface area contributed by atoms with Crippen molar-refractivity contribution in [2.24, 2.45) is 4.99 Å². The van der Waals surface area contributed by atoms with Crippen LogP contribution in [-0.4, -0.2) is 43.9 Å². The van der Waals surface area contributed by atoms with Gasteiger partial charge < -0.3 is 24.7 Å². The molecule has 1 aromatic carbocycles. The smallest absolute Gasteiger partial charge is 0.250 e. The largest absolute Gasteiger partial charge is 0.493 e. The number of guanidine groups is 1. The molecule has 0 aliphatic heterocycles. The van der Waals surface area contributed by atoms with E-state index in [4.69, 9.17) is 9.47 Å². The van der Waals surface area contributed by atoms with E-state index >= 15 is 0 Å². The highest BCUT2D eigenvalue weighted by molar-refractivity contribution is 14.0. The minimum atomic E-state index is 0. The van der Waals surface area contributed by atoms with Crippen LogP contribution in [0.5, 0.6) is 11.5 Å². The first-order chi connectivity index (χ1) is 15.6. The highest BCUT2D eigenvalue weighted by atomic mass is 127. The van der Waals surface area contributed by atoms with Crippen LogP contribution in [0.1, 0.15) is 44.4 Å². The number of rotatable bonds is 13. The first kappa shape index (κ1) is 28.8. The van der Waals surface area contributed by atoms with Crippen LogP contribution in [0.2, 0.25) is 0 Å². The number of aromatic nitrogens is 1. The standard InChI is InChI=1S/C25H38N4O3.HI/c1-5-26-25(27-16-7-8-18-29-20(3)11-9-13-24(29)30)28-17-10-12-21-14-15-22(31-4)23(19-21)32-6-2;/h9,11,13-15,19H,5-8,10,12,16-18H2,1-4H3,(H2,26,27,28);1H. The van der Waals surface area contributed by atoms with Crippen molar-refractivity contribution in [3.63, 3.8) is 0 Å². The molecule has 2 aromatic rings. The molecule has 184 valence electrons. The first-order valence-corrected chi connectivity index (χ1v) is 11.6. The summed E-state index contributed by atoms with van der Waals surface area (Å²) in [6, 6.07) is 11.5. The van der Waals surface area contributed by atoms with E-state index in [1.54, 1.807) is 19.2 Å². The molecule has 7 nitrogen and oxygen atoms in total. The lowest BCUT2D eigenvalue weighted by Gasteiger charge is -2.13. The summed E-state index contributed by atoms with van der Waals surface area (Å²) in [5, 5.41) is 6.69. The maximum absolute atomic E-state index is 11.9. The van der Waals surface area contributed by atoms with Crippen molar-refractivity contribution in [2.75, 3.05) is 33.4 Å². The number of aliphatic imine (C=N–C) groups is 1. The topological polar surface area (TPSA) is 76.9 Å². The molecule has 1 heterocycles. The summed E-state index contributed by atoms with van der Waals surface area (Å²) >= 11 is 0. The van der Waals surface area contributed by atoms with Gasteiger partial charge in [0.25, 0.3) is 5.56 Å². The van der Waals surface area contributed by atoms with Crippen molar-refractivity contribution in [1.29, 1.82) is 0 Å². The van der Waals surface area contributed by atoms with E-state index in [1.165, 1.54) is 5.56 Å². The van der Waals surface area contributed by atoms with Crippen molar-refractivity contribution in [3.05, 3.63) is 58.0 Å². The van der Waals surface area contributed by atoms with Crippen LogP contribution in [0.15, 0.2) is 46.2 Å². The summed E-state index contributed by atoms with van der Waals surface area (Å²) in [4.78, 5) is 16.6. The number of hydrogen-bond acceptors (Lipinski definition) is 4. The van der Waals surface area contributed by atoms with Gasteiger partial charge in [-0.25, -0.2) is 0 Å². The minimum Gasteiger partial charge on any atom is -0.493 e. The number of ether oxygens (including phenoxy) is 2. The van der Waals surface area contributed by atoms with E-state index in [0.717, 1.165) is 75.0 Å². The van der Waals surface area contributed by atoms with Gasteiger partial charge >= 0.3 is 0 Å². The molecule has 0 unspecified atom stereocenters. The Kier molecular flexibility index (Phi) is 14.3. The summed E-state index contributed by atoms with van der Waals surface area (Å²) in [6.07, 6.45) is 3.79. The van der Waals surface area contributed by atoms with Crippen molar-refractivity contribution >= 4 is 29.9 Å². The van der Waals surface area contributed by atoms with E-state index in [0.29, 0.717) is 6.61 Å². The Labute approximate surface area is 215 Å². The van der Waals surface area contributed by atoms with Crippen LogP contribution in [-0.2, 0) is 13.0 Å². The molecule has 0 aliphatic carbocycles. The normalized spacial score (nSPS) is 11.0. The van der Waals surface area contributed by atoms with Crippen LogP contribution in [0.25, 0.3) is 0 Å². The van der Waals surface area contributed by atoms with Crippen molar-refractivity contribution in [1.82, 2.24) is 15.2 Å². The molecule has 0 aliphatic rings. The zero-order valence-corrected chi connectivity index (χ0v) is 22.7. The molecule has 1 aromatic heterocycles. The number of halogens is 1. The molecule has 0 bridgehead atoms. The average molecular weight is 571 g/mol. The summed E-state index contributed by atoms with van der Waals surface area (Å²) in [7, 11) is 1.66. The number of unbranched alkanes of at least 4 members (excludes halogenated alkanes) is 1. The molecule has 8 heteroatoms. The molecule has 33 heavy (non-hydrogen) atoms. The zero-order valence-electron chi connectivity index (χ0n) is 20.4. The second-order valence-electron chi connectivity index (χ2n) is 7.57. The van der Waals surface area contributed by atoms with Gasteiger partial charge in [-0.3, -0.25) is 9.79 Å². The minimum absolute atomic E-state index is 0. The maximum Gasteiger partial charge on any atom is 0.250 e. The third kappa shape index (κ3) is 10.1. The molecule has 0 fully saturated rings. The molecule has 0 atom stereocenters. The molecular weight excluding hydrogens is 531 g/mol. The Morgan fingerprint density at radius 2 is 1.88 bits per heavy atom. The number of pyridine rings is 1. The molecule has 0 radical (unpaired) electrons. The van der Waals surface area contributed by atoms with Crippen molar-refractivity contribution in [3.8, 4) is 11.5 Å². The highest BCUT2D eigenvalue weighted by Crippen LogP contribution is 2.28.